The van der Waals surface area contributed by atoms with Crippen molar-refractivity contribution in [3.8, 4) is 11.5 Å². The number of hydrogen-bond acceptors (Lipinski definition) is 5. The number of carboxylic acid groups (broad SMARTS) is 1. The minimum atomic E-state index is -1.03. The summed E-state index contributed by atoms with van der Waals surface area (Å²) < 4.78 is 10.7. The van der Waals surface area contributed by atoms with Crippen LogP contribution in [0.3, 0.4) is 0 Å². The van der Waals surface area contributed by atoms with Gasteiger partial charge in [0.1, 0.15) is 0 Å². The standard InChI is InChI=1S/C15H17NO5/c1-4-5-9-6-10(7-12(19-2)14(9)20-3)11-8-13(15(17)18)21-16-11/h4,6-7,13H,1,5,8H2,2-3H3,(H,17,18). The lowest BCUT2D eigenvalue weighted by Gasteiger charge is -2.14. The molecule has 112 valence electrons. The van der Waals surface area contributed by atoms with Crippen molar-refractivity contribution in [2.75, 3.05) is 14.2 Å². The maximum Gasteiger partial charge on any atom is 0.348 e. The fraction of sp³-hybridized carbons (Fsp3) is 0.333. The van der Waals surface area contributed by atoms with Crippen molar-refractivity contribution in [1.82, 2.24) is 0 Å². The van der Waals surface area contributed by atoms with Gasteiger partial charge in [0.05, 0.1) is 19.9 Å². The summed E-state index contributed by atoms with van der Waals surface area (Å²) in [5.41, 5.74) is 2.23. The lowest BCUT2D eigenvalue weighted by Crippen LogP contribution is -2.20. The number of carboxylic acids is 1. The number of rotatable bonds is 6. The highest BCUT2D eigenvalue weighted by atomic mass is 16.7. The average Bonchev–Trinajstić information content (AvgIpc) is 2.96. The minimum Gasteiger partial charge on any atom is -0.493 e. The summed E-state index contributed by atoms with van der Waals surface area (Å²) >= 11 is 0. The largest absolute Gasteiger partial charge is 0.493 e. The maximum atomic E-state index is 10.9. The Kier molecular flexibility index (Phi) is 4.47. The molecule has 0 bridgehead atoms. The number of ether oxygens (including phenoxy) is 2. The number of aliphatic carboxylic acids is 1. The smallest absolute Gasteiger partial charge is 0.348 e. The molecule has 1 heterocycles. The molecule has 1 aromatic rings. The van der Waals surface area contributed by atoms with Crippen LogP contribution in [-0.4, -0.2) is 37.1 Å². The summed E-state index contributed by atoms with van der Waals surface area (Å²) in [7, 11) is 3.12. The third-order valence-electron chi connectivity index (χ3n) is 3.20. The average molecular weight is 291 g/mol. The topological polar surface area (TPSA) is 77.4 Å². The molecule has 1 N–H and O–H groups in total. The van der Waals surface area contributed by atoms with Crippen LogP contribution < -0.4 is 9.47 Å². The molecule has 6 heteroatoms. The van der Waals surface area contributed by atoms with Gasteiger partial charge in [0.2, 0.25) is 6.10 Å². The monoisotopic (exact) mass is 291 g/mol. The molecule has 6 nitrogen and oxygen atoms in total. The van der Waals surface area contributed by atoms with E-state index in [0.717, 1.165) is 11.1 Å². The predicted molar refractivity (Wildman–Crippen MR) is 77.1 cm³/mol. The zero-order valence-electron chi connectivity index (χ0n) is 12.0. The Labute approximate surface area is 122 Å². The van der Waals surface area contributed by atoms with E-state index in [1.807, 2.05) is 6.07 Å². The second kappa shape index (κ2) is 6.30. The van der Waals surface area contributed by atoms with E-state index in [1.54, 1.807) is 26.4 Å². The molecular weight excluding hydrogens is 274 g/mol. The third-order valence-corrected chi connectivity index (χ3v) is 3.20. The van der Waals surface area contributed by atoms with Gasteiger partial charge in [0.15, 0.2) is 11.5 Å². The first kappa shape index (κ1) is 14.9. The quantitative estimate of drug-likeness (QED) is 0.811. The van der Waals surface area contributed by atoms with Gasteiger partial charge in [-0.25, -0.2) is 4.79 Å². The van der Waals surface area contributed by atoms with Gasteiger partial charge in [-0.15, -0.1) is 6.58 Å². The Bertz CT molecular complexity index is 594. The summed E-state index contributed by atoms with van der Waals surface area (Å²) in [4.78, 5) is 15.8. The Balaban J connectivity index is 2.39. The van der Waals surface area contributed by atoms with E-state index in [-0.39, 0.29) is 6.42 Å². The van der Waals surface area contributed by atoms with E-state index in [9.17, 15) is 4.79 Å². The molecule has 0 aliphatic carbocycles. The SMILES string of the molecule is C=CCc1cc(C2=NOC(C(=O)O)C2)cc(OC)c1OC. The molecule has 0 fully saturated rings. The van der Waals surface area contributed by atoms with Crippen LogP contribution in [-0.2, 0) is 16.1 Å². The van der Waals surface area contributed by atoms with Crippen molar-refractivity contribution in [3.63, 3.8) is 0 Å². The molecule has 0 amide bonds. The molecule has 2 rings (SSSR count). The van der Waals surface area contributed by atoms with Crippen LogP contribution in [0, 0.1) is 0 Å². The lowest BCUT2D eigenvalue weighted by molar-refractivity contribution is -0.148. The molecular formula is C15H17NO5. The lowest BCUT2D eigenvalue weighted by atomic mass is 9.99. The first-order chi connectivity index (χ1) is 10.1. The predicted octanol–water partition coefficient (Wildman–Crippen LogP) is 2.01. The molecule has 1 atom stereocenters. The highest BCUT2D eigenvalue weighted by Gasteiger charge is 2.29. The zero-order valence-corrected chi connectivity index (χ0v) is 12.0. The Hall–Kier alpha value is -2.50. The van der Waals surface area contributed by atoms with E-state index in [1.165, 1.54) is 0 Å². The fourth-order valence-corrected chi connectivity index (χ4v) is 2.20. The molecule has 0 saturated heterocycles. The molecule has 1 aliphatic heterocycles. The Morgan fingerprint density at radius 1 is 1.52 bits per heavy atom. The minimum absolute atomic E-state index is 0.221. The molecule has 0 saturated carbocycles. The molecule has 1 unspecified atom stereocenters. The number of benzene rings is 1. The summed E-state index contributed by atoms with van der Waals surface area (Å²) in [6, 6.07) is 3.65. The first-order valence-corrected chi connectivity index (χ1v) is 6.42. The van der Waals surface area contributed by atoms with E-state index in [2.05, 4.69) is 11.7 Å². The van der Waals surface area contributed by atoms with Gasteiger partial charge in [-0.05, 0) is 18.6 Å². The summed E-state index contributed by atoms with van der Waals surface area (Å²) in [5, 5.41) is 12.8. The molecule has 21 heavy (non-hydrogen) atoms. The molecule has 0 aromatic heterocycles. The second-order valence-corrected chi connectivity index (χ2v) is 4.54. The maximum absolute atomic E-state index is 10.9. The summed E-state index contributed by atoms with van der Waals surface area (Å²) in [6.07, 6.45) is 1.65. The highest BCUT2D eigenvalue weighted by Crippen LogP contribution is 2.34. The van der Waals surface area contributed by atoms with E-state index in [4.69, 9.17) is 19.4 Å². The van der Waals surface area contributed by atoms with Crippen LogP contribution in [0.2, 0.25) is 0 Å². The van der Waals surface area contributed by atoms with Crippen molar-refractivity contribution in [2.45, 2.75) is 18.9 Å². The van der Waals surface area contributed by atoms with Crippen LogP contribution in [0.5, 0.6) is 11.5 Å². The second-order valence-electron chi connectivity index (χ2n) is 4.54. The summed E-state index contributed by atoms with van der Waals surface area (Å²) in [6.45, 7) is 3.72. The third kappa shape index (κ3) is 2.99. The Morgan fingerprint density at radius 2 is 2.29 bits per heavy atom. The van der Waals surface area contributed by atoms with Gasteiger partial charge in [-0.2, -0.15) is 0 Å². The zero-order chi connectivity index (χ0) is 15.4. The number of methoxy groups -OCH3 is 2. The van der Waals surface area contributed by atoms with Crippen LogP contribution in [0.4, 0.5) is 0 Å². The van der Waals surface area contributed by atoms with E-state index in [0.29, 0.717) is 23.6 Å². The number of oxime groups is 1. The van der Waals surface area contributed by atoms with Crippen LogP contribution in [0.15, 0.2) is 29.9 Å². The number of hydrogen-bond donors (Lipinski definition) is 1. The highest BCUT2D eigenvalue weighted by molar-refractivity contribution is 6.04. The number of nitrogens with zero attached hydrogens (tertiary/aromatic N) is 1. The van der Waals surface area contributed by atoms with Gasteiger partial charge in [-0.3, -0.25) is 0 Å². The van der Waals surface area contributed by atoms with E-state index >= 15 is 0 Å². The molecule has 1 aromatic carbocycles. The van der Waals surface area contributed by atoms with Crippen LogP contribution in [0.1, 0.15) is 17.5 Å². The number of allylic oxidation sites excluding steroid dienone is 1. The molecule has 0 radical (unpaired) electrons. The van der Waals surface area contributed by atoms with Crippen molar-refractivity contribution in [1.29, 1.82) is 0 Å². The normalized spacial score (nSPS) is 16.9. The van der Waals surface area contributed by atoms with Crippen molar-refractivity contribution in [3.05, 3.63) is 35.9 Å². The van der Waals surface area contributed by atoms with Gasteiger partial charge >= 0.3 is 5.97 Å². The van der Waals surface area contributed by atoms with Gasteiger partial charge in [-0.1, -0.05) is 11.2 Å². The first-order valence-electron chi connectivity index (χ1n) is 6.42. The Morgan fingerprint density at radius 3 is 2.81 bits per heavy atom. The van der Waals surface area contributed by atoms with Gasteiger partial charge < -0.3 is 19.4 Å². The number of carbonyl (C=O) groups is 1. The summed E-state index contributed by atoms with van der Waals surface area (Å²) in [5.74, 6) is 0.171. The molecule has 0 spiro atoms. The van der Waals surface area contributed by atoms with Crippen molar-refractivity contribution >= 4 is 11.7 Å². The molecule has 1 aliphatic rings. The van der Waals surface area contributed by atoms with Gasteiger partial charge in [0, 0.05) is 17.5 Å². The van der Waals surface area contributed by atoms with Crippen molar-refractivity contribution < 1.29 is 24.2 Å². The van der Waals surface area contributed by atoms with Crippen molar-refractivity contribution in [2.24, 2.45) is 5.16 Å². The van der Waals surface area contributed by atoms with Crippen LogP contribution >= 0.6 is 0 Å². The van der Waals surface area contributed by atoms with E-state index < -0.39 is 12.1 Å². The fourth-order valence-electron chi connectivity index (χ4n) is 2.20. The van der Waals surface area contributed by atoms with Gasteiger partial charge in [0.25, 0.3) is 0 Å². The van der Waals surface area contributed by atoms with Crippen LogP contribution in [0.25, 0.3) is 0 Å².